The van der Waals surface area contributed by atoms with Crippen molar-refractivity contribution in [2.75, 3.05) is 13.2 Å². The molecule has 18 heavy (non-hydrogen) atoms. The lowest BCUT2D eigenvalue weighted by molar-refractivity contribution is -0.138. The standard InChI is InChI=1S/C14H15NO3/c1-3-17-13(11-8-6-5-7-9-11)12(10-15)14(16)18-4-2/h5-9H,3-4H2,1-2H3/b13-12-. The molecule has 0 fully saturated rings. The average Bonchev–Trinajstić information content (AvgIpc) is 2.40. The van der Waals surface area contributed by atoms with Gasteiger partial charge in [0.05, 0.1) is 13.2 Å². The van der Waals surface area contributed by atoms with Gasteiger partial charge in [-0.15, -0.1) is 0 Å². The largest absolute Gasteiger partial charge is 0.492 e. The molecule has 1 aromatic rings. The average molecular weight is 245 g/mol. The monoisotopic (exact) mass is 245 g/mol. The number of nitrogens with zero attached hydrogens (tertiary/aromatic N) is 1. The van der Waals surface area contributed by atoms with E-state index in [-0.39, 0.29) is 17.9 Å². The first-order valence-corrected chi connectivity index (χ1v) is 5.74. The third-order valence-corrected chi connectivity index (χ3v) is 2.14. The fourth-order valence-electron chi connectivity index (χ4n) is 1.43. The smallest absolute Gasteiger partial charge is 0.352 e. The van der Waals surface area contributed by atoms with E-state index in [0.29, 0.717) is 12.2 Å². The summed E-state index contributed by atoms with van der Waals surface area (Å²) in [5, 5.41) is 9.09. The first kappa shape index (κ1) is 13.8. The van der Waals surface area contributed by atoms with E-state index in [9.17, 15) is 4.79 Å². The number of carbonyl (C=O) groups excluding carboxylic acids is 1. The van der Waals surface area contributed by atoms with Crippen LogP contribution in [0.4, 0.5) is 0 Å². The molecule has 0 atom stereocenters. The molecule has 94 valence electrons. The first-order valence-electron chi connectivity index (χ1n) is 5.74. The second-order valence-electron chi connectivity index (χ2n) is 3.34. The molecule has 0 saturated heterocycles. The minimum absolute atomic E-state index is 0.107. The summed E-state index contributed by atoms with van der Waals surface area (Å²) < 4.78 is 10.2. The van der Waals surface area contributed by atoms with Crippen molar-refractivity contribution < 1.29 is 14.3 Å². The van der Waals surface area contributed by atoms with E-state index in [1.165, 1.54) is 0 Å². The molecule has 0 spiro atoms. The van der Waals surface area contributed by atoms with Gasteiger partial charge in [-0.1, -0.05) is 30.3 Å². The Kier molecular flexibility index (Phi) is 5.46. The number of esters is 1. The number of rotatable bonds is 5. The molecular formula is C14H15NO3. The Hall–Kier alpha value is -2.28. The molecule has 0 bridgehead atoms. The third kappa shape index (κ3) is 3.36. The van der Waals surface area contributed by atoms with Crippen LogP contribution in [0.3, 0.4) is 0 Å². The molecule has 0 N–H and O–H groups in total. The highest BCUT2D eigenvalue weighted by Crippen LogP contribution is 2.20. The van der Waals surface area contributed by atoms with Crippen LogP contribution in [0.1, 0.15) is 19.4 Å². The van der Waals surface area contributed by atoms with Gasteiger partial charge < -0.3 is 9.47 Å². The van der Waals surface area contributed by atoms with E-state index in [1.54, 1.807) is 26.0 Å². The van der Waals surface area contributed by atoms with Crippen LogP contribution in [0.15, 0.2) is 35.9 Å². The Bertz CT molecular complexity index is 472. The zero-order valence-corrected chi connectivity index (χ0v) is 10.5. The van der Waals surface area contributed by atoms with Crippen molar-refractivity contribution in [3.05, 3.63) is 41.5 Å². The maximum Gasteiger partial charge on any atom is 0.352 e. The molecule has 0 radical (unpaired) electrons. The van der Waals surface area contributed by atoms with E-state index < -0.39 is 5.97 Å². The fourth-order valence-corrected chi connectivity index (χ4v) is 1.43. The van der Waals surface area contributed by atoms with Crippen molar-refractivity contribution in [3.63, 3.8) is 0 Å². The Balaban J connectivity index is 3.23. The van der Waals surface area contributed by atoms with Crippen molar-refractivity contribution >= 4 is 11.7 Å². The minimum atomic E-state index is -0.660. The van der Waals surface area contributed by atoms with Crippen LogP contribution in [-0.4, -0.2) is 19.2 Å². The van der Waals surface area contributed by atoms with Crippen molar-refractivity contribution in [1.82, 2.24) is 0 Å². The third-order valence-electron chi connectivity index (χ3n) is 2.14. The van der Waals surface area contributed by atoms with Crippen molar-refractivity contribution in [2.24, 2.45) is 0 Å². The Morgan fingerprint density at radius 2 is 1.78 bits per heavy atom. The SMILES string of the molecule is CCOC(=O)/C(C#N)=C(\OCC)c1ccccc1. The van der Waals surface area contributed by atoms with Crippen molar-refractivity contribution in [1.29, 1.82) is 5.26 Å². The molecule has 0 aliphatic carbocycles. The van der Waals surface area contributed by atoms with Gasteiger partial charge >= 0.3 is 5.97 Å². The molecule has 1 aromatic carbocycles. The highest BCUT2D eigenvalue weighted by molar-refractivity contribution is 6.00. The minimum Gasteiger partial charge on any atom is -0.492 e. The number of hydrogen-bond donors (Lipinski definition) is 0. The lowest BCUT2D eigenvalue weighted by Crippen LogP contribution is -2.10. The summed E-state index contributed by atoms with van der Waals surface area (Å²) in [4.78, 5) is 11.7. The molecule has 0 saturated carbocycles. The predicted octanol–water partition coefficient (Wildman–Crippen LogP) is 2.52. The van der Waals surface area contributed by atoms with Crippen LogP contribution >= 0.6 is 0 Å². The van der Waals surface area contributed by atoms with Crippen LogP contribution in [0.5, 0.6) is 0 Å². The molecule has 0 aromatic heterocycles. The zero-order valence-electron chi connectivity index (χ0n) is 10.5. The van der Waals surface area contributed by atoms with Crippen LogP contribution in [0.2, 0.25) is 0 Å². The normalized spacial score (nSPS) is 11.2. The van der Waals surface area contributed by atoms with E-state index in [4.69, 9.17) is 14.7 Å². The van der Waals surface area contributed by atoms with Crippen LogP contribution < -0.4 is 0 Å². The van der Waals surface area contributed by atoms with Gasteiger partial charge in [0, 0.05) is 5.56 Å². The number of ether oxygens (including phenoxy) is 2. The predicted molar refractivity (Wildman–Crippen MR) is 67.2 cm³/mol. The summed E-state index contributed by atoms with van der Waals surface area (Å²) in [6.07, 6.45) is 0. The number of benzene rings is 1. The van der Waals surface area contributed by atoms with Gasteiger partial charge in [-0.3, -0.25) is 0 Å². The van der Waals surface area contributed by atoms with Gasteiger partial charge in [0.1, 0.15) is 6.07 Å². The molecule has 4 nitrogen and oxygen atoms in total. The van der Waals surface area contributed by atoms with E-state index in [0.717, 1.165) is 0 Å². The summed E-state index contributed by atoms with van der Waals surface area (Å²) in [7, 11) is 0. The molecule has 1 rings (SSSR count). The summed E-state index contributed by atoms with van der Waals surface area (Å²) in [5.74, 6) is -0.397. The molecule has 0 amide bonds. The number of nitriles is 1. The summed E-state index contributed by atoms with van der Waals surface area (Å²) in [6.45, 7) is 4.08. The van der Waals surface area contributed by atoms with Gasteiger partial charge in [-0.2, -0.15) is 5.26 Å². The molecule has 0 aliphatic rings. The Morgan fingerprint density at radius 3 is 2.28 bits per heavy atom. The van der Waals surface area contributed by atoms with Gasteiger partial charge in [-0.05, 0) is 13.8 Å². The molecule has 0 unspecified atom stereocenters. The Morgan fingerprint density at radius 1 is 1.17 bits per heavy atom. The molecular weight excluding hydrogens is 230 g/mol. The van der Waals surface area contributed by atoms with Crippen LogP contribution in [-0.2, 0) is 14.3 Å². The highest BCUT2D eigenvalue weighted by Gasteiger charge is 2.19. The maximum atomic E-state index is 11.7. The van der Waals surface area contributed by atoms with Crippen molar-refractivity contribution in [2.45, 2.75) is 13.8 Å². The van der Waals surface area contributed by atoms with Gasteiger partial charge in [0.25, 0.3) is 0 Å². The zero-order chi connectivity index (χ0) is 13.4. The van der Waals surface area contributed by atoms with Crippen LogP contribution in [0.25, 0.3) is 5.76 Å². The Labute approximate surface area is 106 Å². The second kappa shape index (κ2) is 7.13. The first-order chi connectivity index (χ1) is 8.74. The van der Waals surface area contributed by atoms with E-state index in [1.807, 2.05) is 24.3 Å². The quantitative estimate of drug-likeness (QED) is 0.346. The fraction of sp³-hybridized carbons (Fsp3) is 0.286. The molecule has 0 aliphatic heterocycles. The number of hydrogen-bond acceptors (Lipinski definition) is 4. The lowest BCUT2D eigenvalue weighted by atomic mass is 10.1. The van der Waals surface area contributed by atoms with Crippen LogP contribution in [0, 0.1) is 11.3 Å². The van der Waals surface area contributed by atoms with E-state index in [2.05, 4.69) is 0 Å². The van der Waals surface area contributed by atoms with Gasteiger partial charge in [-0.25, -0.2) is 4.79 Å². The maximum absolute atomic E-state index is 11.7. The lowest BCUT2D eigenvalue weighted by Gasteiger charge is -2.10. The highest BCUT2D eigenvalue weighted by atomic mass is 16.5. The topological polar surface area (TPSA) is 59.3 Å². The summed E-state index contributed by atoms with van der Waals surface area (Å²) in [5.41, 5.74) is 0.578. The van der Waals surface area contributed by atoms with Gasteiger partial charge in [0.15, 0.2) is 11.3 Å². The summed E-state index contributed by atoms with van der Waals surface area (Å²) >= 11 is 0. The van der Waals surface area contributed by atoms with Crippen molar-refractivity contribution in [3.8, 4) is 6.07 Å². The van der Waals surface area contributed by atoms with Gasteiger partial charge in [0.2, 0.25) is 0 Å². The second-order valence-corrected chi connectivity index (χ2v) is 3.34. The summed E-state index contributed by atoms with van der Waals surface area (Å²) in [6, 6.07) is 10.9. The van der Waals surface area contributed by atoms with E-state index >= 15 is 0 Å². The molecule has 4 heteroatoms. The number of carbonyl (C=O) groups is 1. The molecule has 0 heterocycles.